The number of aromatic nitrogens is 1. The number of amides is 1. The summed E-state index contributed by atoms with van der Waals surface area (Å²) in [4.78, 5) is 16.7. The third-order valence-electron chi connectivity index (χ3n) is 4.51. The van der Waals surface area contributed by atoms with Crippen molar-refractivity contribution in [3.8, 4) is 11.8 Å². The summed E-state index contributed by atoms with van der Waals surface area (Å²) in [7, 11) is -0.606. The number of nitrogens with zero attached hydrogens (tertiary/aromatic N) is 2. The van der Waals surface area contributed by atoms with E-state index in [0.717, 1.165) is 17.6 Å². The average Bonchev–Trinajstić information content (AvgIpc) is 2.81. The maximum Gasteiger partial charge on any atom is 0.247 e. The third-order valence-corrected chi connectivity index (χ3v) is 5.76. The van der Waals surface area contributed by atoms with E-state index in [2.05, 4.69) is 22.8 Å². The molecule has 0 aliphatic carbocycles. The molecule has 0 bridgehead atoms. The molecule has 0 radical (unpaired) electrons. The number of methoxy groups -OCH3 is 1. The molecule has 0 aliphatic heterocycles. The van der Waals surface area contributed by atoms with Gasteiger partial charge < -0.3 is 10.1 Å². The van der Waals surface area contributed by atoms with Gasteiger partial charge in [0.25, 0.3) is 0 Å². The zero-order valence-corrected chi connectivity index (χ0v) is 20.4. The molecule has 0 saturated carbocycles. The van der Waals surface area contributed by atoms with Gasteiger partial charge in [0.05, 0.1) is 24.9 Å². The fourth-order valence-corrected chi connectivity index (χ4v) is 3.36. The highest BCUT2D eigenvalue weighted by Gasteiger charge is 2.07. The van der Waals surface area contributed by atoms with E-state index in [0.29, 0.717) is 28.3 Å². The molecule has 2 rings (SSSR count). The van der Waals surface area contributed by atoms with Crippen molar-refractivity contribution >= 4 is 27.4 Å². The molecule has 1 aromatic heterocycles. The van der Waals surface area contributed by atoms with Crippen LogP contribution in [0.3, 0.4) is 0 Å². The monoisotopic (exact) mass is 465 g/mol. The van der Waals surface area contributed by atoms with Crippen LogP contribution in [0.5, 0.6) is 5.75 Å². The summed E-state index contributed by atoms with van der Waals surface area (Å²) in [5, 5.41) is 11.5. The molecule has 1 N–H and O–H groups in total. The number of hydrogen-bond acceptors (Lipinski definition) is 5. The lowest BCUT2D eigenvalue weighted by molar-refractivity contribution is -0.117. The largest absolute Gasteiger partial charge is 0.495 e. The highest BCUT2D eigenvalue weighted by Crippen LogP contribution is 2.19. The summed E-state index contributed by atoms with van der Waals surface area (Å²) in [5.74, 6) is 4.08. The molecule has 1 atom stereocenters. The van der Waals surface area contributed by atoms with E-state index >= 15 is 0 Å². The first kappa shape index (κ1) is 27.4. The molecule has 174 valence electrons. The minimum Gasteiger partial charge on any atom is -0.495 e. The summed E-state index contributed by atoms with van der Waals surface area (Å²) in [6.07, 6.45) is 11.2. The Morgan fingerprint density at radius 3 is 2.67 bits per heavy atom. The summed E-state index contributed by atoms with van der Waals surface area (Å²) < 4.78 is 16.7. The van der Waals surface area contributed by atoms with Gasteiger partial charge in [-0.15, -0.1) is 0 Å². The molecule has 2 aromatic rings. The van der Waals surface area contributed by atoms with Crippen LogP contribution >= 0.6 is 0 Å². The smallest absolute Gasteiger partial charge is 0.247 e. The molecule has 7 heteroatoms. The van der Waals surface area contributed by atoms with Crippen molar-refractivity contribution in [2.24, 2.45) is 0 Å². The molecule has 0 spiro atoms. The van der Waals surface area contributed by atoms with Gasteiger partial charge >= 0.3 is 0 Å². The maximum atomic E-state index is 12.1. The number of ether oxygens (including phenoxy) is 1. The highest BCUT2D eigenvalue weighted by atomic mass is 32.2. The Hall–Kier alpha value is -3.63. The van der Waals surface area contributed by atoms with E-state index in [1.807, 2.05) is 25.1 Å². The fourth-order valence-electron chi connectivity index (χ4n) is 2.62. The Balaban J connectivity index is 0.000000383. The van der Waals surface area contributed by atoms with Crippen molar-refractivity contribution in [1.29, 1.82) is 5.26 Å². The van der Waals surface area contributed by atoms with Crippen LogP contribution in [0.2, 0.25) is 0 Å². The van der Waals surface area contributed by atoms with Gasteiger partial charge in [0.2, 0.25) is 5.91 Å². The summed E-state index contributed by atoms with van der Waals surface area (Å²) in [6.45, 7) is 8.02. The van der Waals surface area contributed by atoms with E-state index < -0.39 is 9.52 Å². The third kappa shape index (κ3) is 9.58. The van der Waals surface area contributed by atoms with Gasteiger partial charge in [-0.1, -0.05) is 37.3 Å². The average molecular weight is 466 g/mol. The number of benzene rings is 1. The van der Waals surface area contributed by atoms with Gasteiger partial charge in [0.15, 0.2) is 0 Å². The predicted octanol–water partition coefficient (Wildman–Crippen LogP) is 4.40. The number of allylic oxidation sites excluding steroid dienone is 2. The molecule has 1 heterocycles. The van der Waals surface area contributed by atoms with Crippen LogP contribution in [0.25, 0.3) is 6.08 Å². The van der Waals surface area contributed by atoms with Crippen molar-refractivity contribution in [3.05, 3.63) is 83.7 Å². The number of pyridine rings is 1. The van der Waals surface area contributed by atoms with Crippen LogP contribution < -0.4 is 10.1 Å². The second-order valence-corrected chi connectivity index (χ2v) is 9.67. The second-order valence-electron chi connectivity index (χ2n) is 7.19. The number of hydrogen-bond donors (Lipinski definition) is 1. The van der Waals surface area contributed by atoms with E-state index in [9.17, 15) is 9.00 Å². The lowest BCUT2D eigenvalue weighted by atomic mass is 10.1. The highest BCUT2D eigenvalue weighted by molar-refractivity contribution is 7.99. The SMILES string of the molecule is C=C/C=C(\CC)CNC(=O)/C(C)=C/c1ccncc1OC.C=S(C)(=O)c1cccc(C#N)c1. The summed E-state index contributed by atoms with van der Waals surface area (Å²) in [6, 6.07) is 10.5. The fraction of sp³-hybridized carbons (Fsp3) is 0.231. The van der Waals surface area contributed by atoms with E-state index in [1.54, 1.807) is 69.1 Å². The molecule has 0 aliphatic rings. The van der Waals surface area contributed by atoms with Gasteiger partial charge in [-0.2, -0.15) is 5.26 Å². The molecule has 1 amide bonds. The molecule has 0 saturated heterocycles. The van der Waals surface area contributed by atoms with Crippen LogP contribution in [0.4, 0.5) is 0 Å². The van der Waals surface area contributed by atoms with Gasteiger partial charge in [-0.3, -0.25) is 14.0 Å². The standard InChI is InChI=1S/C17H22N2O2.C9H9NOS/c1-5-7-14(6-2)11-19-17(20)13(3)10-15-8-9-18-12-16(15)21-4;1-12(2,11)9-5-3-4-8(6-9)7-10/h5,7-10,12H,1,6,11H2,2-4H3,(H,19,20);3-6H,1H2,2H3/b13-10+,14-7+;. The number of nitriles is 1. The molecular formula is C26H31N3O3S. The van der Waals surface area contributed by atoms with Gasteiger partial charge in [0, 0.05) is 35.0 Å². The molecule has 1 unspecified atom stereocenters. The van der Waals surface area contributed by atoms with E-state index in [-0.39, 0.29) is 5.91 Å². The van der Waals surface area contributed by atoms with Gasteiger partial charge in [0.1, 0.15) is 5.75 Å². The minimum atomic E-state index is -2.19. The summed E-state index contributed by atoms with van der Waals surface area (Å²) >= 11 is 0. The number of carbonyl (C=O) groups is 1. The van der Waals surface area contributed by atoms with Crippen LogP contribution in [-0.4, -0.2) is 40.9 Å². The second kappa shape index (κ2) is 13.7. The first-order chi connectivity index (χ1) is 15.7. The maximum absolute atomic E-state index is 12.1. The zero-order valence-electron chi connectivity index (χ0n) is 19.6. The Bertz CT molecular complexity index is 1170. The van der Waals surface area contributed by atoms with Crippen LogP contribution in [0, 0.1) is 11.3 Å². The lowest BCUT2D eigenvalue weighted by Crippen LogP contribution is -2.26. The Kier molecular flexibility index (Phi) is 11.4. The quantitative estimate of drug-likeness (QED) is 0.354. The van der Waals surface area contributed by atoms with Crippen LogP contribution in [0.15, 0.2) is 77.5 Å². The number of nitrogens with one attached hydrogen (secondary N) is 1. The van der Waals surface area contributed by atoms with Crippen molar-refractivity contribution in [3.63, 3.8) is 0 Å². The minimum absolute atomic E-state index is 0.0997. The van der Waals surface area contributed by atoms with Crippen molar-refractivity contribution in [1.82, 2.24) is 10.3 Å². The molecule has 1 aromatic carbocycles. The van der Waals surface area contributed by atoms with Gasteiger partial charge in [-0.05, 0) is 59.1 Å². The zero-order chi connectivity index (χ0) is 24.9. The summed E-state index contributed by atoms with van der Waals surface area (Å²) in [5.41, 5.74) is 3.10. The predicted molar refractivity (Wildman–Crippen MR) is 137 cm³/mol. The Labute approximate surface area is 197 Å². The van der Waals surface area contributed by atoms with Crippen molar-refractivity contribution in [2.45, 2.75) is 25.2 Å². The van der Waals surface area contributed by atoms with Gasteiger partial charge in [-0.25, -0.2) is 0 Å². The first-order valence-electron chi connectivity index (χ1n) is 10.2. The van der Waals surface area contributed by atoms with Crippen LogP contribution in [-0.2, 0) is 14.3 Å². The topological polar surface area (TPSA) is 92.1 Å². The lowest BCUT2D eigenvalue weighted by Gasteiger charge is -2.08. The van der Waals surface area contributed by atoms with E-state index in [1.165, 1.54) is 0 Å². The van der Waals surface area contributed by atoms with Crippen molar-refractivity contribution < 1.29 is 13.7 Å². The molecule has 0 fully saturated rings. The number of rotatable bonds is 8. The molecule has 33 heavy (non-hydrogen) atoms. The first-order valence-corrected chi connectivity index (χ1v) is 12.4. The molecular weight excluding hydrogens is 434 g/mol. The van der Waals surface area contributed by atoms with Crippen molar-refractivity contribution in [2.75, 3.05) is 19.9 Å². The Morgan fingerprint density at radius 1 is 1.36 bits per heavy atom. The van der Waals surface area contributed by atoms with E-state index in [4.69, 9.17) is 10.00 Å². The number of carbonyl (C=O) groups excluding carboxylic acids is 1. The Morgan fingerprint density at radius 2 is 2.09 bits per heavy atom. The molecule has 6 nitrogen and oxygen atoms in total. The normalized spacial score (nSPS) is 12.9. The van der Waals surface area contributed by atoms with Crippen LogP contribution in [0.1, 0.15) is 31.4 Å².